The highest BCUT2D eigenvalue weighted by molar-refractivity contribution is 6.09. The van der Waals surface area contributed by atoms with Gasteiger partial charge < -0.3 is 24.1 Å². The van der Waals surface area contributed by atoms with Gasteiger partial charge in [0.25, 0.3) is 0 Å². The SMILES string of the molecule is CO.COC.COC.COC(C)=O.COC(C)=O.[SiH3]CCc1ccccc1.[SiH3]CCc1ccccc1.[SiH3]CCc1ccccc1.[SiH3]Cc1ccccc1.[SiH3]Cc1ccccc1. The molecule has 61 heavy (non-hydrogen) atoms. The van der Waals surface area contributed by atoms with E-state index in [0.717, 1.165) is 7.11 Å². The third-order valence-electron chi connectivity index (χ3n) is 7.22. The average Bonchev–Trinajstić information content (AvgIpc) is 3.31. The molecule has 0 aromatic heterocycles. The number of hydrogen-bond donors (Lipinski definition) is 1. The first kappa shape index (κ1) is 66.1. The zero-order valence-corrected chi connectivity index (χ0v) is 50.5. The van der Waals surface area contributed by atoms with Gasteiger partial charge >= 0.3 is 11.9 Å². The van der Waals surface area contributed by atoms with Crippen LogP contribution in [-0.2, 0) is 59.9 Å². The van der Waals surface area contributed by atoms with Gasteiger partial charge in [0.15, 0.2) is 0 Å². The molecule has 0 saturated heterocycles. The smallest absolute Gasteiger partial charge is 0.302 e. The summed E-state index contributed by atoms with van der Waals surface area (Å²) >= 11 is 0. The Balaban J connectivity index is -0.000000196. The van der Waals surface area contributed by atoms with Crippen LogP contribution in [0, 0.1) is 0 Å². The highest BCUT2D eigenvalue weighted by atomic mass is 28.2. The number of methoxy groups -OCH3 is 4. The van der Waals surface area contributed by atoms with Gasteiger partial charge in [0.1, 0.15) is 0 Å². The molecule has 0 saturated carbocycles. The molecule has 342 valence electrons. The molecule has 0 aliphatic carbocycles. The van der Waals surface area contributed by atoms with Crippen molar-refractivity contribution < 1.29 is 33.6 Å². The maximum Gasteiger partial charge on any atom is 0.302 e. The van der Waals surface area contributed by atoms with Gasteiger partial charge in [0.2, 0.25) is 0 Å². The summed E-state index contributed by atoms with van der Waals surface area (Å²) in [7, 11) is 16.7. The van der Waals surface area contributed by atoms with E-state index in [9.17, 15) is 9.59 Å². The molecule has 0 spiro atoms. The molecule has 1 N–H and O–H groups in total. The van der Waals surface area contributed by atoms with Crippen LogP contribution in [0.2, 0.25) is 18.1 Å². The second-order valence-corrected chi connectivity index (χ2v) is 17.0. The minimum atomic E-state index is -0.245. The van der Waals surface area contributed by atoms with Crippen LogP contribution in [0.3, 0.4) is 0 Å². The van der Waals surface area contributed by atoms with Crippen LogP contribution < -0.4 is 0 Å². The van der Waals surface area contributed by atoms with Crippen LogP contribution >= 0.6 is 0 Å². The second kappa shape index (κ2) is 58.1. The van der Waals surface area contributed by atoms with Crippen LogP contribution in [0.1, 0.15) is 41.7 Å². The average molecular weight is 926 g/mol. The van der Waals surface area contributed by atoms with Gasteiger partial charge in [0, 0.05) is 101 Å². The number of hydrogen-bond acceptors (Lipinski definition) is 7. The number of carbonyl (C=O) groups is 2. The quantitative estimate of drug-likeness (QED) is 0.180. The Kier molecular flexibility index (Phi) is 63.0. The van der Waals surface area contributed by atoms with Gasteiger partial charge in [-0.2, -0.15) is 0 Å². The molecule has 0 unspecified atom stereocenters. The van der Waals surface area contributed by atoms with E-state index in [4.69, 9.17) is 5.11 Å². The van der Waals surface area contributed by atoms with Crippen molar-refractivity contribution in [3.05, 3.63) is 179 Å². The maximum absolute atomic E-state index is 9.59. The molecule has 0 heterocycles. The minimum Gasteiger partial charge on any atom is -0.469 e. The van der Waals surface area contributed by atoms with Gasteiger partial charge in [0.05, 0.1) is 14.2 Å². The lowest BCUT2D eigenvalue weighted by Crippen LogP contribution is -1.88. The third kappa shape index (κ3) is 58.1. The van der Waals surface area contributed by atoms with E-state index in [2.05, 4.69) is 171 Å². The van der Waals surface area contributed by atoms with E-state index in [1.54, 1.807) is 28.4 Å². The van der Waals surface area contributed by atoms with Crippen LogP contribution in [0.25, 0.3) is 0 Å². The first-order chi connectivity index (χ1) is 29.5. The number of esters is 2. The fourth-order valence-corrected chi connectivity index (χ4v) is 6.90. The Labute approximate surface area is 387 Å². The largest absolute Gasteiger partial charge is 0.469 e. The van der Waals surface area contributed by atoms with Gasteiger partial charge in [-0.3, -0.25) is 9.59 Å². The molecule has 0 amide bonds. The molecule has 0 aliphatic heterocycles. The van der Waals surface area contributed by atoms with E-state index in [1.807, 2.05) is 0 Å². The fourth-order valence-electron chi connectivity index (χ4n) is 4.23. The lowest BCUT2D eigenvalue weighted by molar-refractivity contribution is -0.138. The molecule has 0 fully saturated rings. The molecule has 12 heteroatoms. The summed E-state index contributed by atoms with van der Waals surface area (Å²) in [5.41, 5.74) is 7.38. The van der Waals surface area contributed by atoms with Crippen LogP contribution in [0.5, 0.6) is 0 Å². The zero-order chi connectivity index (χ0) is 47.2. The summed E-state index contributed by atoms with van der Waals surface area (Å²) in [4.78, 5) is 19.2. The number of aliphatic hydroxyl groups excluding tert-OH is 1. The lowest BCUT2D eigenvalue weighted by atomic mass is 10.2. The molecule has 5 rings (SSSR count). The topological polar surface area (TPSA) is 91.3 Å². The van der Waals surface area contributed by atoms with Crippen molar-refractivity contribution in [2.24, 2.45) is 0 Å². The molecule has 0 aliphatic rings. The monoisotopic (exact) mass is 925 g/mol. The first-order valence-electron chi connectivity index (χ1n) is 21.1. The molecule has 0 bridgehead atoms. The number of benzene rings is 5. The van der Waals surface area contributed by atoms with E-state index in [1.165, 1.54) is 157 Å². The lowest BCUT2D eigenvalue weighted by Gasteiger charge is -1.93. The Bertz CT molecular complexity index is 1370. The fraction of sp³-hybridized carbons (Fsp3) is 0.347. The van der Waals surface area contributed by atoms with E-state index in [0.29, 0.717) is 0 Å². The van der Waals surface area contributed by atoms with E-state index in [-0.39, 0.29) is 11.9 Å². The first-order valence-corrected chi connectivity index (χ1v) is 28.1. The normalized spacial score (nSPS) is 8.62. The van der Waals surface area contributed by atoms with Gasteiger partial charge in [-0.25, -0.2) is 0 Å². The Morgan fingerprint density at radius 3 is 0.623 bits per heavy atom. The maximum atomic E-state index is 9.59. The Morgan fingerprint density at radius 2 is 0.525 bits per heavy atom. The highest BCUT2D eigenvalue weighted by Gasteiger charge is 1.87. The minimum absolute atomic E-state index is 0.245. The van der Waals surface area contributed by atoms with Gasteiger partial charge in [-0.15, -0.1) is 0 Å². The predicted octanol–water partition coefficient (Wildman–Crippen LogP) is 4.63. The van der Waals surface area contributed by atoms with Crippen molar-refractivity contribution in [2.75, 3.05) is 49.8 Å². The third-order valence-corrected chi connectivity index (χ3v) is 10.4. The molecule has 7 nitrogen and oxygen atoms in total. The molecule has 5 aromatic carbocycles. The van der Waals surface area contributed by atoms with E-state index >= 15 is 0 Å². The van der Waals surface area contributed by atoms with E-state index < -0.39 is 0 Å². The molecule has 5 aromatic rings. The number of rotatable bonds is 8. The van der Waals surface area contributed by atoms with Gasteiger partial charge in [-0.1, -0.05) is 181 Å². The standard InChI is InChI=1S/3C8H12Si.2C7H10Si.2C3H6O2.2C2H6O.CH4O/c3*9-7-6-8-4-2-1-3-5-8;2*8-6-7-4-2-1-3-5-7;2*1-3(4)5-2;2*1-3-2;1-2/h3*1-5H,6-7H2,9H3;2*1-5H,6H2,8H3;2*1-2H3;2*1-2H3;2H,1H3. The Morgan fingerprint density at radius 1 is 0.377 bits per heavy atom. The van der Waals surface area contributed by atoms with Crippen LogP contribution in [0.4, 0.5) is 0 Å². The number of carbonyl (C=O) groups excluding carboxylic acids is 2. The van der Waals surface area contributed by atoms with Crippen molar-refractivity contribution in [3.63, 3.8) is 0 Å². The highest BCUT2D eigenvalue weighted by Crippen LogP contribution is 2.02. The summed E-state index contributed by atoms with van der Waals surface area (Å²) in [6.07, 6.45) is 3.81. The molecular weight excluding hydrogens is 841 g/mol. The van der Waals surface area contributed by atoms with Crippen LogP contribution in [0.15, 0.2) is 152 Å². The number of aliphatic hydroxyl groups is 1. The Hall–Kier alpha value is -4.00. The summed E-state index contributed by atoms with van der Waals surface area (Å²) in [6, 6.07) is 59.8. The molecule has 0 radical (unpaired) electrons. The van der Waals surface area contributed by atoms with Crippen molar-refractivity contribution in [1.29, 1.82) is 0 Å². The second-order valence-electron chi connectivity index (χ2n) is 12.6. The van der Waals surface area contributed by atoms with Crippen molar-refractivity contribution in [2.45, 2.75) is 63.3 Å². The number of aryl methyl sites for hydroxylation is 3. The molecular formula is C49H84O7Si5. The summed E-state index contributed by atoms with van der Waals surface area (Å²) in [5, 5.41) is 7.00. The number of ether oxygens (including phenoxy) is 4. The molecule has 0 atom stereocenters. The van der Waals surface area contributed by atoms with Gasteiger partial charge in [-0.05, 0) is 48.0 Å². The predicted molar refractivity (Wildman–Crippen MR) is 284 cm³/mol. The van der Waals surface area contributed by atoms with Crippen LogP contribution in [-0.4, -0.2) is 118 Å². The van der Waals surface area contributed by atoms with Crippen molar-refractivity contribution >= 4 is 63.2 Å². The van der Waals surface area contributed by atoms with Crippen molar-refractivity contribution in [3.8, 4) is 0 Å². The summed E-state index contributed by atoms with van der Waals surface area (Å²) in [5.74, 6) is -0.491. The zero-order valence-electron chi connectivity index (χ0n) is 40.5. The summed E-state index contributed by atoms with van der Waals surface area (Å²) < 4.78 is 16.7. The summed E-state index contributed by atoms with van der Waals surface area (Å²) in [6.45, 7) is 2.72. The van der Waals surface area contributed by atoms with Crippen molar-refractivity contribution in [1.82, 2.24) is 0 Å².